The Kier molecular flexibility index (Phi) is 6.53. The molecule has 31 heavy (non-hydrogen) atoms. The maximum atomic E-state index is 13.3. The minimum absolute atomic E-state index is 0.0171. The van der Waals surface area contributed by atoms with Crippen molar-refractivity contribution in [3.05, 3.63) is 62.5 Å². The van der Waals surface area contributed by atoms with Gasteiger partial charge >= 0.3 is 0 Å². The molecule has 0 saturated carbocycles. The van der Waals surface area contributed by atoms with Gasteiger partial charge in [-0.25, -0.2) is 4.98 Å². The number of rotatable bonds is 6. The molecule has 1 N–H and O–H groups in total. The fourth-order valence-electron chi connectivity index (χ4n) is 4.06. The van der Waals surface area contributed by atoms with Crippen molar-refractivity contribution < 1.29 is 4.79 Å². The van der Waals surface area contributed by atoms with Crippen LogP contribution in [-0.2, 0) is 19.5 Å². The van der Waals surface area contributed by atoms with Crippen molar-refractivity contribution in [2.75, 3.05) is 19.6 Å². The van der Waals surface area contributed by atoms with Gasteiger partial charge in [-0.15, -0.1) is 11.3 Å². The highest BCUT2D eigenvalue weighted by Gasteiger charge is 2.23. The molecule has 0 bridgehead atoms. The lowest BCUT2D eigenvalue weighted by Gasteiger charge is -2.19. The first-order valence-corrected chi connectivity index (χ1v) is 11.8. The molecule has 4 rings (SSSR count). The second-order valence-electron chi connectivity index (χ2n) is 8.67. The van der Waals surface area contributed by atoms with Gasteiger partial charge in [-0.1, -0.05) is 44.2 Å². The number of carbonyl (C=O) groups excluding carboxylic acids is 1. The van der Waals surface area contributed by atoms with Gasteiger partial charge in [-0.2, -0.15) is 0 Å². The second kappa shape index (κ2) is 9.32. The molecule has 0 aliphatic carbocycles. The van der Waals surface area contributed by atoms with Gasteiger partial charge in [-0.05, 0) is 30.4 Å². The van der Waals surface area contributed by atoms with E-state index < -0.39 is 0 Å². The Morgan fingerprint density at radius 2 is 1.97 bits per heavy atom. The highest BCUT2D eigenvalue weighted by molar-refractivity contribution is 7.20. The van der Waals surface area contributed by atoms with Crippen LogP contribution in [0.4, 0.5) is 0 Å². The number of carbonyl (C=O) groups is 1. The maximum Gasteiger partial charge on any atom is 0.262 e. The van der Waals surface area contributed by atoms with Crippen molar-refractivity contribution in [1.82, 2.24) is 19.8 Å². The molecule has 0 fully saturated rings. The van der Waals surface area contributed by atoms with E-state index in [9.17, 15) is 9.59 Å². The fourth-order valence-corrected chi connectivity index (χ4v) is 5.17. The minimum Gasteiger partial charge on any atom is -0.351 e. The van der Waals surface area contributed by atoms with Gasteiger partial charge in [0.05, 0.1) is 10.3 Å². The summed E-state index contributed by atoms with van der Waals surface area (Å²) in [5.41, 5.74) is 2.01. The molecule has 1 aromatic carbocycles. The molecular weight excluding hydrogens is 408 g/mol. The van der Waals surface area contributed by atoms with Gasteiger partial charge in [0, 0.05) is 39.1 Å². The van der Waals surface area contributed by atoms with Gasteiger partial charge in [0.1, 0.15) is 10.7 Å². The number of fused-ring (bicyclic) bond motifs is 2. The molecule has 1 amide bonds. The standard InChI is InChI=1S/C24H30N4O2S/c1-16(2)9-11-25-22(29)21-17(3)20-23(31-21)26-19-10-12-27(13-14-28(19)24(20)30)15-18-7-5-4-6-8-18/h4-8,16H,9-15H2,1-3H3,(H,25,29). The van der Waals surface area contributed by atoms with Crippen LogP contribution in [0.1, 0.15) is 46.9 Å². The van der Waals surface area contributed by atoms with Crippen molar-refractivity contribution in [1.29, 1.82) is 0 Å². The zero-order valence-electron chi connectivity index (χ0n) is 18.5. The molecule has 1 aliphatic heterocycles. The zero-order valence-corrected chi connectivity index (χ0v) is 19.3. The molecule has 164 valence electrons. The molecule has 3 heterocycles. The first kappa shape index (κ1) is 21.7. The van der Waals surface area contributed by atoms with E-state index in [-0.39, 0.29) is 11.5 Å². The second-order valence-corrected chi connectivity index (χ2v) is 9.67. The Morgan fingerprint density at radius 1 is 1.19 bits per heavy atom. The van der Waals surface area contributed by atoms with Crippen molar-refractivity contribution >= 4 is 27.5 Å². The molecule has 0 unspecified atom stereocenters. The third-order valence-corrected chi connectivity index (χ3v) is 7.07. The van der Waals surface area contributed by atoms with Crippen molar-refractivity contribution in [3.63, 3.8) is 0 Å². The van der Waals surface area contributed by atoms with Crippen LogP contribution in [0, 0.1) is 12.8 Å². The van der Waals surface area contributed by atoms with E-state index in [1.165, 1.54) is 16.9 Å². The number of aromatic nitrogens is 2. The van der Waals surface area contributed by atoms with Crippen LogP contribution in [0.2, 0.25) is 0 Å². The number of aryl methyl sites for hydroxylation is 1. The third-order valence-electron chi connectivity index (χ3n) is 5.88. The number of nitrogens with zero attached hydrogens (tertiary/aromatic N) is 3. The lowest BCUT2D eigenvalue weighted by atomic mass is 10.1. The topological polar surface area (TPSA) is 67.2 Å². The Morgan fingerprint density at radius 3 is 2.71 bits per heavy atom. The summed E-state index contributed by atoms with van der Waals surface area (Å²) in [6.07, 6.45) is 1.66. The molecule has 0 saturated heterocycles. The van der Waals surface area contributed by atoms with Crippen LogP contribution in [-0.4, -0.2) is 40.0 Å². The summed E-state index contributed by atoms with van der Waals surface area (Å²) in [5.74, 6) is 1.25. The van der Waals surface area contributed by atoms with Gasteiger partial charge in [0.25, 0.3) is 11.5 Å². The van der Waals surface area contributed by atoms with Crippen LogP contribution in [0.5, 0.6) is 0 Å². The number of benzene rings is 1. The van der Waals surface area contributed by atoms with Crippen LogP contribution in [0.15, 0.2) is 35.1 Å². The molecule has 0 radical (unpaired) electrons. The Bertz CT molecular complexity index is 1130. The van der Waals surface area contributed by atoms with Crippen LogP contribution in [0.3, 0.4) is 0 Å². The molecule has 0 atom stereocenters. The van der Waals surface area contributed by atoms with E-state index in [1.807, 2.05) is 17.6 Å². The number of hydrogen-bond acceptors (Lipinski definition) is 5. The van der Waals surface area contributed by atoms with E-state index in [0.29, 0.717) is 34.1 Å². The number of hydrogen-bond donors (Lipinski definition) is 1. The first-order chi connectivity index (χ1) is 14.9. The first-order valence-electron chi connectivity index (χ1n) is 11.0. The molecule has 3 aromatic rings. The number of amides is 1. The Hall–Kier alpha value is -2.51. The predicted octanol–water partition coefficient (Wildman–Crippen LogP) is 3.60. The predicted molar refractivity (Wildman–Crippen MR) is 126 cm³/mol. The van der Waals surface area contributed by atoms with E-state index >= 15 is 0 Å². The highest BCUT2D eigenvalue weighted by atomic mass is 32.1. The van der Waals surface area contributed by atoms with E-state index in [2.05, 4.69) is 48.3 Å². The molecule has 7 heteroatoms. The van der Waals surface area contributed by atoms with Gasteiger partial charge in [0.15, 0.2) is 0 Å². The normalized spacial score (nSPS) is 14.6. The van der Waals surface area contributed by atoms with Crippen molar-refractivity contribution in [3.8, 4) is 0 Å². The van der Waals surface area contributed by atoms with E-state index in [1.54, 1.807) is 0 Å². The lowest BCUT2D eigenvalue weighted by molar-refractivity contribution is 0.0955. The largest absolute Gasteiger partial charge is 0.351 e. The van der Waals surface area contributed by atoms with Crippen LogP contribution < -0.4 is 10.9 Å². The molecule has 2 aromatic heterocycles. The van der Waals surface area contributed by atoms with Gasteiger partial charge in [-0.3, -0.25) is 19.1 Å². The summed E-state index contributed by atoms with van der Waals surface area (Å²) >= 11 is 1.34. The Labute approximate surface area is 186 Å². The van der Waals surface area contributed by atoms with Crippen LogP contribution in [0.25, 0.3) is 10.2 Å². The minimum atomic E-state index is -0.102. The fraction of sp³-hybridized carbons (Fsp3) is 0.458. The summed E-state index contributed by atoms with van der Waals surface area (Å²) < 4.78 is 1.81. The molecular formula is C24H30N4O2S. The monoisotopic (exact) mass is 438 g/mol. The quantitative estimate of drug-likeness (QED) is 0.639. The zero-order chi connectivity index (χ0) is 22.0. The smallest absolute Gasteiger partial charge is 0.262 e. The van der Waals surface area contributed by atoms with Crippen LogP contribution >= 0.6 is 11.3 Å². The lowest BCUT2D eigenvalue weighted by Crippen LogP contribution is -2.29. The summed E-state index contributed by atoms with van der Waals surface area (Å²) in [6, 6.07) is 10.4. The summed E-state index contributed by atoms with van der Waals surface area (Å²) in [4.78, 5) is 34.5. The maximum absolute atomic E-state index is 13.3. The average molecular weight is 439 g/mol. The van der Waals surface area contributed by atoms with Gasteiger partial charge in [0.2, 0.25) is 0 Å². The number of thiophene rings is 1. The summed E-state index contributed by atoms with van der Waals surface area (Å²) in [7, 11) is 0. The third kappa shape index (κ3) is 4.72. The molecule has 6 nitrogen and oxygen atoms in total. The van der Waals surface area contributed by atoms with Crippen molar-refractivity contribution in [2.24, 2.45) is 5.92 Å². The highest BCUT2D eigenvalue weighted by Crippen LogP contribution is 2.28. The van der Waals surface area contributed by atoms with Gasteiger partial charge < -0.3 is 5.32 Å². The summed E-state index contributed by atoms with van der Waals surface area (Å²) in [6.45, 7) is 9.94. The Balaban J connectivity index is 1.56. The van der Waals surface area contributed by atoms with E-state index in [4.69, 9.17) is 4.98 Å². The number of nitrogens with one attached hydrogen (secondary N) is 1. The molecule has 1 aliphatic rings. The average Bonchev–Trinajstić information content (AvgIpc) is 2.94. The van der Waals surface area contributed by atoms with Crippen molar-refractivity contribution in [2.45, 2.75) is 46.7 Å². The summed E-state index contributed by atoms with van der Waals surface area (Å²) in [5, 5.41) is 3.58. The SMILES string of the molecule is Cc1c(C(=O)NCCC(C)C)sc2nc3n(c(=O)c12)CCN(Cc1ccccc1)CC3. The van der Waals surface area contributed by atoms with E-state index in [0.717, 1.165) is 43.9 Å². The molecule has 0 spiro atoms.